The highest BCUT2D eigenvalue weighted by atomic mass is 19.3. The third-order valence-corrected chi connectivity index (χ3v) is 5.24. The summed E-state index contributed by atoms with van der Waals surface area (Å²) in [6.45, 7) is 1.92. The van der Waals surface area contributed by atoms with Crippen LogP contribution in [-0.2, 0) is 9.53 Å². The van der Waals surface area contributed by atoms with E-state index < -0.39 is 11.9 Å². The molecule has 11 heteroatoms. The number of aromatic nitrogens is 4. The fourth-order valence-corrected chi connectivity index (χ4v) is 3.49. The number of Topliss-reactive ketones (excluding diaryl/α,β-unsaturated/α-hetero) is 1. The number of halogens is 2. The smallest absolute Gasteiger partial charge is 0.358 e. The second kappa shape index (κ2) is 8.56. The minimum atomic E-state index is -2.63. The molecule has 0 unspecified atom stereocenters. The summed E-state index contributed by atoms with van der Waals surface area (Å²) in [4.78, 5) is 31.9. The van der Waals surface area contributed by atoms with Crippen molar-refractivity contribution in [1.82, 2.24) is 19.7 Å². The number of carbonyl (C=O) groups excluding carboxylic acids is 2. The fraction of sp³-hybridized carbons (Fsp3) is 0.550. The summed E-state index contributed by atoms with van der Waals surface area (Å²) in [6.07, 6.45) is 2.15. The number of nitrogens with zero attached hydrogens (tertiary/aromatic N) is 4. The van der Waals surface area contributed by atoms with E-state index in [0.717, 1.165) is 0 Å². The van der Waals surface area contributed by atoms with Crippen molar-refractivity contribution >= 4 is 17.6 Å². The third kappa shape index (κ3) is 5.15. The van der Waals surface area contributed by atoms with E-state index >= 15 is 0 Å². The highest BCUT2D eigenvalue weighted by Gasteiger charge is 2.35. The van der Waals surface area contributed by atoms with Gasteiger partial charge in [-0.1, -0.05) is 0 Å². The van der Waals surface area contributed by atoms with E-state index in [1.165, 1.54) is 16.9 Å². The van der Waals surface area contributed by atoms with Gasteiger partial charge in [0.05, 0.1) is 6.61 Å². The van der Waals surface area contributed by atoms with Gasteiger partial charge in [-0.15, -0.1) is 0 Å². The molecule has 2 heterocycles. The number of alkyl halides is 2. The van der Waals surface area contributed by atoms with Crippen LogP contribution in [0.2, 0.25) is 0 Å². The summed E-state index contributed by atoms with van der Waals surface area (Å²) in [5, 5.41) is 7.33. The zero-order valence-electron chi connectivity index (χ0n) is 17.0. The SMILES string of the molecule is CCOC(=O)c1ccn(-c2nc(NC3CCC(F)(F)CC3)cc(OC3CC(=O)C3)n2)n1. The van der Waals surface area contributed by atoms with Crippen LogP contribution < -0.4 is 10.1 Å². The molecule has 0 saturated heterocycles. The maximum atomic E-state index is 13.5. The second-order valence-corrected chi connectivity index (χ2v) is 7.72. The molecule has 2 aromatic rings. The summed E-state index contributed by atoms with van der Waals surface area (Å²) in [6, 6.07) is 2.90. The Balaban J connectivity index is 1.56. The Morgan fingerprint density at radius 3 is 2.71 bits per heavy atom. The number of nitrogens with one attached hydrogen (secondary N) is 1. The monoisotopic (exact) mass is 435 g/mol. The molecule has 166 valence electrons. The van der Waals surface area contributed by atoms with Crippen molar-refractivity contribution in [2.75, 3.05) is 11.9 Å². The Kier molecular flexibility index (Phi) is 5.84. The van der Waals surface area contributed by atoms with Crippen LogP contribution in [0.4, 0.5) is 14.6 Å². The van der Waals surface area contributed by atoms with Gasteiger partial charge in [0, 0.05) is 44.0 Å². The van der Waals surface area contributed by atoms with E-state index in [2.05, 4.69) is 20.4 Å². The van der Waals surface area contributed by atoms with Crippen molar-refractivity contribution in [2.45, 2.75) is 63.5 Å². The lowest BCUT2D eigenvalue weighted by Crippen LogP contribution is -2.34. The average Bonchev–Trinajstić information content (AvgIpc) is 3.19. The van der Waals surface area contributed by atoms with Crippen LogP contribution in [0.25, 0.3) is 5.95 Å². The van der Waals surface area contributed by atoms with Crippen LogP contribution in [0.3, 0.4) is 0 Å². The molecule has 1 N–H and O–H groups in total. The van der Waals surface area contributed by atoms with Crippen LogP contribution in [0.15, 0.2) is 18.3 Å². The first-order chi connectivity index (χ1) is 14.8. The quantitative estimate of drug-likeness (QED) is 0.662. The third-order valence-electron chi connectivity index (χ3n) is 5.24. The van der Waals surface area contributed by atoms with Gasteiger partial charge in [-0.2, -0.15) is 15.1 Å². The van der Waals surface area contributed by atoms with Crippen molar-refractivity contribution in [3.05, 3.63) is 24.0 Å². The van der Waals surface area contributed by atoms with Crippen LogP contribution in [0, 0.1) is 0 Å². The minimum absolute atomic E-state index is 0.102. The molecule has 9 nitrogen and oxygen atoms in total. The molecular formula is C20H23F2N5O4. The zero-order valence-corrected chi connectivity index (χ0v) is 17.0. The topological polar surface area (TPSA) is 108 Å². The lowest BCUT2D eigenvalue weighted by atomic mass is 9.92. The molecule has 2 aliphatic carbocycles. The molecule has 0 amide bonds. The van der Waals surface area contributed by atoms with E-state index in [1.807, 2.05) is 0 Å². The molecule has 4 rings (SSSR count). The van der Waals surface area contributed by atoms with E-state index in [0.29, 0.717) is 31.5 Å². The van der Waals surface area contributed by atoms with Crippen molar-refractivity contribution in [2.24, 2.45) is 0 Å². The van der Waals surface area contributed by atoms with Crippen molar-refractivity contribution in [3.63, 3.8) is 0 Å². The average molecular weight is 435 g/mol. The zero-order chi connectivity index (χ0) is 22.0. The van der Waals surface area contributed by atoms with Gasteiger partial charge in [0.2, 0.25) is 11.8 Å². The van der Waals surface area contributed by atoms with Gasteiger partial charge in [0.15, 0.2) is 5.69 Å². The maximum Gasteiger partial charge on any atom is 0.358 e. The van der Waals surface area contributed by atoms with E-state index in [-0.39, 0.29) is 54.9 Å². The van der Waals surface area contributed by atoms with Crippen molar-refractivity contribution < 1.29 is 27.8 Å². The molecule has 2 aliphatic rings. The Morgan fingerprint density at radius 2 is 2.03 bits per heavy atom. The minimum Gasteiger partial charge on any atom is -0.473 e. The van der Waals surface area contributed by atoms with Gasteiger partial charge in [-0.3, -0.25) is 4.79 Å². The summed E-state index contributed by atoms with van der Waals surface area (Å²) in [5.74, 6) is -2.30. The number of ether oxygens (including phenoxy) is 2. The Hall–Kier alpha value is -3.11. The van der Waals surface area contributed by atoms with Gasteiger partial charge in [-0.25, -0.2) is 18.3 Å². The first-order valence-corrected chi connectivity index (χ1v) is 10.3. The number of carbonyl (C=O) groups is 2. The molecule has 0 atom stereocenters. The summed E-state index contributed by atoms with van der Waals surface area (Å²) in [5.41, 5.74) is 0.102. The number of ketones is 1. The van der Waals surface area contributed by atoms with E-state index in [9.17, 15) is 18.4 Å². The molecule has 31 heavy (non-hydrogen) atoms. The lowest BCUT2D eigenvalue weighted by Gasteiger charge is -2.29. The molecule has 2 fully saturated rings. The maximum absolute atomic E-state index is 13.5. The lowest BCUT2D eigenvalue weighted by molar-refractivity contribution is -0.129. The number of esters is 1. The molecule has 0 radical (unpaired) electrons. The van der Waals surface area contributed by atoms with Crippen LogP contribution in [0.1, 0.15) is 55.9 Å². The first-order valence-electron chi connectivity index (χ1n) is 10.3. The Bertz CT molecular complexity index is 962. The van der Waals surface area contributed by atoms with Crippen LogP contribution >= 0.6 is 0 Å². The molecular weight excluding hydrogens is 412 g/mol. The predicted octanol–water partition coefficient (Wildman–Crippen LogP) is 2.94. The summed E-state index contributed by atoms with van der Waals surface area (Å²) < 4.78 is 38.9. The molecule has 0 bridgehead atoms. The molecule has 0 aromatic carbocycles. The highest BCUT2D eigenvalue weighted by Crippen LogP contribution is 2.34. The van der Waals surface area contributed by atoms with Gasteiger partial charge in [0.1, 0.15) is 17.7 Å². The molecule has 2 aromatic heterocycles. The van der Waals surface area contributed by atoms with Crippen molar-refractivity contribution in [3.8, 4) is 11.8 Å². The number of hydrogen-bond donors (Lipinski definition) is 1. The largest absolute Gasteiger partial charge is 0.473 e. The van der Waals surface area contributed by atoms with E-state index in [4.69, 9.17) is 9.47 Å². The highest BCUT2D eigenvalue weighted by molar-refractivity contribution is 5.87. The van der Waals surface area contributed by atoms with Gasteiger partial charge < -0.3 is 14.8 Å². The van der Waals surface area contributed by atoms with Crippen molar-refractivity contribution in [1.29, 1.82) is 0 Å². The van der Waals surface area contributed by atoms with E-state index in [1.54, 1.807) is 13.0 Å². The molecule has 0 spiro atoms. The van der Waals surface area contributed by atoms with Gasteiger partial charge in [0.25, 0.3) is 5.95 Å². The number of hydrogen-bond acceptors (Lipinski definition) is 8. The normalized spacial score (nSPS) is 19.0. The predicted molar refractivity (Wildman–Crippen MR) is 105 cm³/mol. The summed E-state index contributed by atoms with van der Waals surface area (Å²) in [7, 11) is 0. The number of anilines is 1. The van der Waals surface area contributed by atoms with Gasteiger partial charge >= 0.3 is 5.97 Å². The molecule has 2 saturated carbocycles. The van der Waals surface area contributed by atoms with Gasteiger partial charge in [-0.05, 0) is 25.8 Å². The Morgan fingerprint density at radius 1 is 1.29 bits per heavy atom. The fourth-order valence-electron chi connectivity index (χ4n) is 3.49. The summed E-state index contributed by atoms with van der Waals surface area (Å²) >= 11 is 0. The van der Waals surface area contributed by atoms with Crippen LogP contribution in [-0.4, -0.2) is 56.2 Å². The Labute approximate surface area is 177 Å². The standard InChI is InChI=1S/C20H23F2N5O4/c1-2-30-18(29)15-5-8-27(26-15)19-24-16(23-12-3-6-20(21,22)7-4-12)11-17(25-19)31-14-9-13(28)10-14/h5,8,11-12,14H,2-4,6-7,9-10H2,1H3,(H,23,24,25). The molecule has 0 aliphatic heterocycles. The number of rotatable bonds is 7. The first kappa shape index (κ1) is 21.1. The van der Waals surface area contributed by atoms with Crippen LogP contribution in [0.5, 0.6) is 5.88 Å². The second-order valence-electron chi connectivity index (χ2n) is 7.72.